The van der Waals surface area contributed by atoms with E-state index in [0.717, 1.165) is 19.3 Å². The Balaban J connectivity index is 1.45. The van der Waals surface area contributed by atoms with Gasteiger partial charge in [-0.2, -0.15) is 8.42 Å². The van der Waals surface area contributed by atoms with Gasteiger partial charge in [-0.15, -0.1) is 0 Å². The third-order valence-corrected chi connectivity index (χ3v) is 11.0. The summed E-state index contributed by atoms with van der Waals surface area (Å²) in [5, 5.41) is 0. The van der Waals surface area contributed by atoms with Crippen LogP contribution in [0.3, 0.4) is 0 Å². The lowest BCUT2D eigenvalue weighted by atomic mass is 9.44. The fourth-order valence-electron chi connectivity index (χ4n) is 8.27. The van der Waals surface area contributed by atoms with E-state index in [1.807, 2.05) is 13.8 Å². The van der Waals surface area contributed by atoms with Gasteiger partial charge in [0, 0.05) is 43.4 Å². The molecule has 4 rings (SSSR count). The average Bonchev–Trinajstić information content (AvgIpc) is 3.12. The normalized spacial score (nSPS) is 40.0. The van der Waals surface area contributed by atoms with Gasteiger partial charge in [-0.05, 0) is 60.7 Å². The predicted molar refractivity (Wildman–Crippen MR) is 127 cm³/mol. The SMILES string of the molecule is C[C@H](CCC(=O)OCCS(=O)(=O)O)[C@H]1CC[C@H]2[C@@H]3C(=O)C[C@@H]4CC(=O)CC[C@]4(C)[C@H]3CC(=O)[C@]12C. The summed E-state index contributed by atoms with van der Waals surface area (Å²) in [7, 11) is -4.18. The lowest BCUT2D eigenvalue weighted by molar-refractivity contribution is -0.166. The zero-order valence-electron chi connectivity index (χ0n) is 21.0. The first kappa shape index (κ1) is 26.5. The van der Waals surface area contributed by atoms with E-state index in [4.69, 9.17) is 9.29 Å². The molecule has 0 saturated heterocycles. The predicted octanol–water partition coefficient (Wildman–Crippen LogP) is 3.42. The highest BCUT2D eigenvalue weighted by Gasteiger charge is 2.66. The molecular formula is C26H38O8S. The highest BCUT2D eigenvalue weighted by molar-refractivity contribution is 7.85. The van der Waals surface area contributed by atoms with Gasteiger partial charge in [0.05, 0.1) is 0 Å². The summed E-state index contributed by atoms with van der Waals surface area (Å²) in [6.45, 7) is 5.88. The van der Waals surface area contributed by atoms with Crippen LogP contribution in [0.5, 0.6) is 0 Å². The van der Waals surface area contributed by atoms with Crippen LogP contribution < -0.4 is 0 Å². The molecule has 9 heteroatoms. The number of esters is 1. The van der Waals surface area contributed by atoms with Crippen molar-refractivity contribution < 1.29 is 36.9 Å². The molecule has 196 valence electrons. The van der Waals surface area contributed by atoms with E-state index in [1.165, 1.54) is 0 Å². The van der Waals surface area contributed by atoms with Gasteiger partial charge in [0.1, 0.15) is 29.7 Å². The van der Waals surface area contributed by atoms with Crippen LogP contribution >= 0.6 is 0 Å². The molecule has 1 N–H and O–H groups in total. The average molecular weight is 511 g/mol. The molecule has 4 saturated carbocycles. The Labute approximate surface area is 207 Å². The van der Waals surface area contributed by atoms with E-state index >= 15 is 0 Å². The number of Topliss-reactive ketones (excluding diaryl/α,β-unsaturated/α-hetero) is 3. The second-order valence-corrected chi connectivity index (χ2v) is 13.5. The van der Waals surface area contributed by atoms with Crippen LogP contribution in [0.15, 0.2) is 0 Å². The second kappa shape index (κ2) is 9.36. The third-order valence-electron chi connectivity index (χ3n) is 10.3. The lowest BCUT2D eigenvalue weighted by Crippen LogP contribution is -2.60. The second-order valence-electron chi connectivity index (χ2n) is 12.0. The van der Waals surface area contributed by atoms with E-state index < -0.39 is 27.3 Å². The zero-order valence-corrected chi connectivity index (χ0v) is 21.8. The van der Waals surface area contributed by atoms with Crippen molar-refractivity contribution in [2.45, 2.75) is 78.6 Å². The number of fused-ring (bicyclic) bond motifs is 5. The Kier molecular flexibility index (Phi) is 7.07. The van der Waals surface area contributed by atoms with Crippen LogP contribution in [0.25, 0.3) is 0 Å². The van der Waals surface area contributed by atoms with Crippen LogP contribution in [-0.4, -0.2) is 48.6 Å². The zero-order chi connectivity index (χ0) is 25.8. The van der Waals surface area contributed by atoms with Crippen molar-refractivity contribution in [3.8, 4) is 0 Å². The summed E-state index contributed by atoms with van der Waals surface area (Å²) >= 11 is 0. The van der Waals surface area contributed by atoms with E-state index in [-0.39, 0.29) is 71.3 Å². The first-order chi connectivity index (χ1) is 16.3. The number of carbonyl (C=O) groups is 4. The fraction of sp³-hybridized carbons (Fsp3) is 0.846. The van der Waals surface area contributed by atoms with Crippen molar-refractivity contribution in [2.24, 2.45) is 46.3 Å². The first-order valence-corrected chi connectivity index (χ1v) is 14.6. The van der Waals surface area contributed by atoms with Gasteiger partial charge in [-0.25, -0.2) is 0 Å². The van der Waals surface area contributed by atoms with Gasteiger partial charge in [-0.1, -0.05) is 20.8 Å². The molecule has 0 unspecified atom stereocenters. The van der Waals surface area contributed by atoms with Gasteiger partial charge >= 0.3 is 5.97 Å². The van der Waals surface area contributed by atoms with Crippen molar-refractivity contribution in [3.05, 3.63) is 0 Å². The molecule has 0 spiro atoms. The number of ketones is 3. The summed E-state index contributed by atoms with van der Waals surface area (Å²) in [4.78, 5) is 51.4. The summed E-state index contributed by atoms with van der Waals surface area (Å²) < 4.78 is 35.2. The smallest absolute Gasteiger partial charge is 0.305 e. The van der Waals surface area contributed by atoms with E-state index in [1.54, 1.807) is 0 Å². The topological polar surface area (TPSA) is 132 Å². The first-order valence-electron chi connectivity index (χ1n) is 13.0. The highest BCUT2D eigenvalue weighted by atomic mass is 32.2. The Morgan fingerprint density at radius 3 is 2.51 bits per heavy atom. The number of rotatable bonds is 7. The Morgan fingerprint density at radius 1 is 1.11 bits per heavy atom. The minimum Gasteiger partial charge on any atom is -0.464 e. The van der Waals surface area contributed by atoms with E-state index in [0.29, 0.717) is 32.1 Å². The van der Waals surface area contributed by atoms with Gasteiger partial charge in [-0.3, -0.25) is 23.7 Å². The quantitative estimate of drug-likeness (QED) is 0.407. The molecule has 0 bridgehead atoms. The fourth-order valence-corrected chi connectivity index (χ4v) is 8.56. The Morgan fingerprint density at radius 2 is 1.83 bits per heavy atom. The van der Waals surface area contributed by atoms with Crippen molar-refractivity contribution in [1.82, 2.24) is 0 Å². The van der Waals surface area contributed by atoms with Gasteiger partial charge in [0.2, 0.25) is 0 Å². The molecular weight excluding hydrogens is 472 g/mol. The van der Waals surface area contributed by atoms with Crippen molar-refractivity contribution >= 4 is 33.4 Å². The standard InChI is InChI=1S/C26H38O8S/c1-15(4-7-23(30)34-10-11-35(31,32)33)18-5-6-19-24-20(14-22(29)26(18,19)3)25(2)9-8-17(27)12-16(25)13-21(24)28/h15-16,18-20,24H,4-14H2,1-3H3,(H,31,32,33)/t15-,16+,18-,19+,20+,24+,25+,26-/m1/s1. The maximum atomic E-state index is 13.8. The van der Waals surface area contributed by atoms with Crippen LogP contribution in [-0.2, 0) is 34.0 Å². The van der Waals surface area contributed by atoms with Crippen LogP contribution in [0.1, 0.15) is 78.6 Å². The summed E-state index contributed by atoms with van der Waals surface area (Å²) in [5.41, 5.74) is -0.738. The molecule has 0 aromatic carbocycles. The Hall–Kier alpha value is -1.61. The molecule has 0 heterocycles. The lowest BCUT2D eigenvalue weighted by Gasteiger charge is -2.58. The molecule has 0 radical (unpaired) electrons. The number of ether oxygens (including phenoxy) is 1. The number of carbonyl (C=O) groups excluding carboxylic acids is 4. The Bertz CT molecular complexity index is 1020. The molecule has 0 aliphatic heterocycles. The summed E-state index contributed by atoms with van der Waals surface area (Å²) in [5.74, 6) is -0.396. The molecule has 4 fully saturated rings. The number of hydrogen-bond acceptors (Lipinski definition) is 7. The van der Waals surface area contributed by atoms with Gasteiger partial charge in [0.15, 0.2) is 0 Å². The minimum absolute atomic E-state index is 0.00538. The highest BCUT2D eigenvalue weighted by Crippen LogP contribution is 2.66. The van der Waals surface area contributed by atoms with Crippen molar-refractivity contribution in [1.29, 1.82) is 0 Å². The van der Waals surface area contributed by atoms with Crippen LogP contribution in [0.2, 0.25) is 0 Å². The largest absolute Gasteiger partial charge is 0.464 e. The molecule has 0 aromatic heterocycles. The monoisotopic (exact) mass is 510 g/mol. The summed E-state index contributed by atoms with van der Waals surface area (Å²) in [6.07, 6.45) is 4.88. The van der Waals surface area contributed by atoms with Crippen molar-refractivity contribution in [2.75, 3.05) is 12.4 Å². The molecule has 4 aliphatic rings. The maximum absolute atomic E-state index is 13.8. The molecule has 4 aliphatic carbocycles. The van der Waals surface area contributed by atoms with E-state index in [9.17, 15) is 27.6 Å². The van der Waals surface area contributed by atoms with Gasteiger partial charge in [0.25, 0.3) is 10.1 Å². The van der Waals surface area contributed by atoms with E-state index in [2.05, 4.69) is 6.92 Å². The number of hydrogen-bond donors (Lipinski definition) is 1. The molecule has 8 atom stereocenters. The van der Waals surface area contributed by atoms with Crippen LogP contribution in [0, 0.1) is 46.3 Å². The molecule has 0 aromatic rings. The minimum atomic E-state index is -4.18. The van der Waals surface area contributed by atoms with Crippen molar-refractivity contribution in [3.63, 3.8) is 0 Å². The van der Waals surface area contributed by atoms with Crippen LogP contribution in [0.4, 0.5) is 0 Å². The third kappa shape index (κ3) is 4.75. The molecule has 0 amide bonds. The molecule has 8 nitrogen and oxygen atoms in total. The molecule has 35 heavy (non-hydrogen) atoms. The summed E-state index contributed by atoms with van der Waals surface area (Å²) in [6, 6.07) is 0. The maximum Gasteiger partial charge on any atom is 0.305 e. The van der Waals surface area contributed by atoms with Gasteiger partial charge < -0.3 is 4.74 Å².